The molecule has 1 aromatic carbocycles. The van der Waals surface area contributed by atoms with E-state index in [9.17, 15) is 19.6 Å². The topological polar surface area (TPSA) is 140 Å². The standard InChI is InChI=1S/C20H19IN4O4/c1-2-29-19(28)20(10-22)14-7-6-12(17(23)26)9-25(14)16(18(24)27)15(20)11-4-3-5-13(21)8-11/h3-9,14-16H,2H2,1H3,(H2,23,26)(H2,24,27)/t14-,15-,16-,20+/m0/s1. The first kappa shape index (κ1) is 20.9. The highest BCUT2D eigenvalue weighted by Crippen LogP contribution is 2.53. The molecule has 0 aromatic heterocycles. The SMILES string of the molecule is CCOC(=O)[C@]1(C#N)[C@@H]2C=CC(C(N)=O)=CN2[C@H](C(N)=O)[C@@H]1c1cccc(I)c1. The predicted octanol–water partition coefficient (Wildman–Crippen LogP) is 0.925. The Labute approximate surface area is 181 Å². The fourth-order valence-corrected chi connectivity index (χ4v) is 4.67. The summed E-state index contributed by atoms with van der Waals surface area (Å²) < 4.78 is 6.13. The van der Waals surface area contributed by atoms with E-state index in [1.807, 2.05) is 6.07 Å². The van der Waals surface area contributed by atoms with Crippen LogP contribution in [0.1, 0.15) is 18.4 Å². The molecule has 2 amide bonds. The van der Waals surface area contributed by atoms with Crippen molar-refractivity contribution in [2.45, 2.75) is 24.9 Å². The minimum Gasteiger partial charge on any atom is -0.465 e. The quantitative estimate of drug-likeness (QED) is 0.450. The molecular weight excluding hydrogens is 487 g/mol. The number of carbonyl (C=O) groups excluding carboxylic acids is 3. The van der Waals surface area contributed by atoms with Gasteiger partial charge < -0.3 is 21.1 Å². The van der Waals surface area contributed by atoms with Crippen molar-refractivity contribution >= 4 is 40.4 Å². The zero-order valence-corrected chi connectivity index (χ0v) is 17.7. The van der Waals surface area contributed by atoms with Crippen LogP contribution in [0.4, 0.5) is 0 Å². The summed E-state index contributed by atoms with van der Waals surface area (Å²) in [5.74, 6) is -3.07. The van der Waals surface area contributed by atoms with Gasteiger partial charge in [-0.1, -0.05) is 18.2 Å². The van der Waals surface area contributed by atoms with Gasteiger partial charge in [0.2, 0.25) is 11.8 Å². The van der Waals surface area contributed by atoms with Gasteiger partial charge >= 0.3 is 5.97 Å². The Balaban J connectivity index is 2.30. The number of amides is 2. The minimum atomic E-state index is -1.74. The summed E-state index contributed by atoms with van der Waals surface area (Å²) in [4.78, 5) is 38.8. The van der Waals surface area contributed by atoms with E-state index in [1.165, 1.54) is 23.3 Å². The second-order valence-corrected chi connectivity index (χ2v) is 8.03. The Kier molecular flexibility index (Phi) is 5.66. The van der Waals surface area contributed by atoms with Crippen molar-refractivity contribution in [2.24, 2.45) is 16.9 Å². The average molecular weight is 506 g/mol. The van der Waals surface area contributed by atoms with E-state index in [0.717, 1.165) is 3.57 Å². The molecule has 1 saturated heterocycles. The Hall–Kier alpha value is -2.87. The van der Waals surface area contributed by atoms with Crippen molar-refractivity contribution < 1.29 is 19.1 Å². The van der Waals surface area contributed by atoms with Crippen LogP contribution in [-0.2, 0) is 19.1 Å². The highest BCUT2D eigenvalue weighted by atomic mass is 127. The molecule has 0 radical (unpaired) electrons. The second kappa shape index (κ2) is 7.87. The van der Waals surface area contributed by atoms with Crippen LogP contribution in [0.2, 0.25) is 0 Å². The van der Waals surface area contributed by atoms with Crippen molar-refractivity contribution in [1.82, 2.24) is 4.90 Å². The molecule has 2 aliphatic heterocycles. The van der Waals surface area contributed by atoms with Gasteiger partial charge in [0.15, 0.2) is 5.41 Å². The third-order valence-electron chi connectivity index (χ3n) is 5.24. The second-order valence-electron chi connectivity index (χ2n) is 6.78. The molecule has 4 N–H and O–H groups in total. The number of rotatable bonds is 5. The first-order valence-corrected chi connectivity index (χ1v) is 9.96. The van der Waals surface area contributed by atoms with Crippen molar-refractivity contribution in [3.8, 4) is 6.07 Å². The number of ether oxygens (including phenoxy) is 1. The Morgan fingerprint density at radius 1 is 1.34 bits per heavy atom. The molecule has 8 nitrogen and oxygen atoms in total. The predicted molar refractivity (Wildman–Crippen MR) is 112 cm³/mol. The van der Waals surface area contributed by atoms with Crippen LogP contribution in [0.25, 0.3) is 0 Å². The lowest BCUT2D eigenvalue weighted by Crippen LogP contribution is -2.45. The van der Waals surface area contributed by atoms with Gasteiger partial charge in [0.1, 0.15) is 6.04 Å². The van der Waals surface area contributed by atoms with E-state index in [-0.39, 0.29) is 12.2 Å². The van der Waals surface area contributed by atoms with Crippen LogP contribution in [0.15, 0.2) is 48.2 Å². The average Bonchev–Trinajstić information content (AvgIpc) is 2.99. The third kappa shape index (κ3) is 3.27. The van der Waals surface area contributed by atoms with Gasteiger partial charge in [0, 0.05) is 15.7 Å². The number of hydrogen-bond acceptors (Lipinski definition) is 6. The summed E-state index contributed by atoms with van der Waals surface area (Å²) >= 11 is 2.11. The summed E-state index contributed by atoms with van der Waals surface area (Å²) in [5.41, 5.74) is 10.1. The number of carbonyl (C=O) groups is 3. The third-order valence-corrected chi connectivity index (χ3v) is 5.91. The summed E-state index contributed by atoms with van der Waals surface area (Å²) in [6, 6.07) is 7.41. The first-order valence-electron chi connectivity index (χ1n) is 8.88. The maximum absolute atomic E-state index is 13.1. The Morgan fingerprint density at radius 3 is 2.62 bits per heavy atom. The molecule has 3 rings (SSSR count). The molecule has 29 heavy (non-hydrogen) atoms. The van der Waals surface area contributed by atoms with Crippen molar-refractivity contribution in [2.75, 3.05) is 6.61 Å². The minimum absolute atomic E-state index is 0.0708. The van der Waals surface area contributed by atoms with Crippen molar-refractivity contribution in [3.63, 3.8) is 0 Å². The van der Waals surface area contributed by atoms with Gasteiger partial charge in [-0.2, -0.15) is 5.26 Å². The van der Waals surface area contributed by atoms with Crippen LogP contribution >= 0.6 is 22.6 Å². The van der Waals surface area contributed by atoms with Gasteiger partial charge in [0.05, 0.1) is 24.3 Å². The van der Waals surface area contributed by atoms with Gasteiger partial charge in [-0.05, 0) is 53.3 Å². The van der Waals surface area contributed by atoms with E-state index in [1.54, 1.807) is 25.1 Å². The normalized spacial score (nSPS) is 27.6. The largest absolute Gasteiger partial charge is 0.465 e. The number of nitrogens with zero attached hydrogens (tertiary/aromatic N) is 2. The number of nitrogens with two attached hydrogens (primary N) is 2. The van der Waals surface area contributed by atoms with Crippen molar-refractivity contribution in [1.29, 1.82) is 5.26 Å². The number of primary amides is 2. The van der Waals surface area contributed by atoms with Crippen LogP contribution < -0.4 is 11.5 Å². The van der Waals surface area contributed by atoms with Crippen LogP contribution in [0.5, 0.6) is 0 Å². The van der Waals surface area contributed by atoms with Crippen LogP contribution in [0, 0.1) is 20.3 Å². The first-order chi connectivity index (χ1) is 13.8. The molecule has 150 valence electrons. The summed E-state index contributed by atoms with van der Waals surface area (Å²) in [6.07, 6.45) is 4.37. The zero-order chi connectivity index (χ0) is 21.3. The number of halogens is 1. The number of nitriles is 1. The maximum atomic E-state index is 13.1. The molecule has 0 saturated carbocycles. The fourth-order valence-electron chi connectivity index (χ4n) is 4.11. The number of esters is 1. The molecule has 4 atom stereocenters. The summed E-state index contributed by atoms with van der Waals surface area (Å²) in [6.45, 7) is 1.71. The number of hydrogen-bond donors (Lipinski definition) is 2. The van der Waals surface area contributed by atoms with Gasteiger partial charge in [-0.3, -0.25) is 14.4 Å². The Morgan fingerprint density at radius 2 is 2.07 bits per heavy atom. The lowest BCUT2D eigenvalue weighted by Gasteiger charge is -2.32. The Bertz CT molecular complexity index is 983. The molecule has 1 aromatic rings. The van der Waals surface area contributed by atoms with E-state index < -0.39 is 41.2 Å². The molecule has 1 fully saturated rings. The van der Waals surface area contributed by atoms with Crippen LogP contribution in [0.3, 0.4) is 0 Å². The van der Waals surface area contributed by atoms with E-state index in [2.05, 4.69) is 28.7 Å². The van der Waals surface area contributed by atoms with Gasteiger partial charge in [0.25, 0.3) is 0 Å². The highest BCUT2D eigenvalue weighted by Gasteiger charge is 2.66. The molecule has 0 spiro atoms. The fraction of sp³-hybridized carbons (Fsp3) is 0.300. The number of fused-ring (bicyclic) bond motifs is 1. The molecule has 0 unspecified atom stereocenters. The summed E-state index contributed by atoms with van der Waals surface area (Å²) in [5, 5.41) is 10.3. The zero-order valence-electron chi connectivity index (χ0n) is 15.5. The van der Waals surface area contributed by atoms with Crippen LogP contribution in [-0.4, -0.2) is 41.4 Å². The molecular formula is C20H19IN4O4. The smallest absolute Gasteiger partial charge is 0.329 e. The monoisotopic (exact) mass is 506 g/mol. The van der Waals surface area contributed by atoms with E-state index in [4.69, 9.17) is 16.2 Å². The van der Waals surface area contributed by atoms with E-state index in [0.29, 0.717) is 5.56 Å². The van der Waals surface area contributed by atoms with E-state index >= 15 is 0 Å². The molecule has 2 aliphatic rings. The molecule has 2 heterocycles. The maximum Gasteiger partial charge on any atom is 0.329 e. The summed E-state index contributed by atoms with van der Waals surface area (Å²) in [7, 11) is 0. The molecule has 0 aliphatic carbocycles. The number of benzene rings is 1. The van der Waals surface area contributed by atoms with Gasteiger partial charge in [-0.25, -0.2) is 0 Å². The lowest BCUT2D eigenvalue weighted by molar-refractivity contribution is -0.153. The lowest BCUT2D eigenvalue weighted by atomic mass is 9.68. The highest BCUT2D eigenvalue weighted by molar-refractivity contribution is 14.1. The molecule has 0 bridgehead atoms. The molecule has 9 heteroatoms. The van der Waals surface area contributed by atoms with Crippen molar-refractivity contribution in [3.05, 3.63) is 57.3 Å². The van der Waals surface area contributed by atoms with Gasteiger partial charge in [-0.15, -0.1) is 0 Å².